The number of aliphatic hydroxyl groups excluding tert-OH is 1. The molecule has 0 fully saturated rings. The summed E-state index contributed by atoms with van der Waals surface area (Å²) in [5, 5.41) is 13.0. The van der Waals surface area contributed by atoms with Gasteiger partial charge in [0.05, 0.1) is 15.9 Å². The number of hydrogen-bond acceptors (Lipinski definition) is 7. The summed E-state index contributed by atoms with van der Waals surface area (Å²) in [5.74, 6) is 0. The smallest absolute Gasteiger partial charge is 0.294 e. The Morgan fingerprint density at radius 1 is 0.763 bits per heavy atom. The molecule has 0 heterocycles. The first-order valence-corrected chi connectivity index (χ1v) is 14.9. The van der Waals surface area contributed by atoms with Crippen LogP contribution in [0.2, 0.25) is 0 Å². The highest BCUT2D eigenvalue weighted by Gasteiger charge is 2.14. The number of benzene rings is 3. The van der Waals surface area contributed by atoms with E-state index in [1.807, 2.05) is 44.2 Å². The van der Waals surface area contributed by atoms with Gasteiger partial charge in [-0.3, -0.25) is 9.11 Å². The number of hydrogen-bond donors (Lipinski definition) is 5. The van der Waals surface area contributed by atoms with E-state index in [2.05, 4.69) is 12.2 Å². The van der Waals surface area contributed by atoms with Crippen LogP contribution in [0.25, 0.3) is 0 Å². The third-order valence-electron chi connectivity index (χ3n) is 5.23. The molecule has 0 aromatic heterocycles. The minimum atomic E-state index is -4.02. The Labute approximate surface area is 226 Å². The molecule has 0 amide bonds. The first-order valence-electron chi connectivity index (χ1n) is 12.0. The number of nitrogens with one attached hydrogen (secondary N) is 1. The van der Waals surface area contributed by atoms with E-state index in [9.17, 15) is 21.9 Å². The van der Waals surface area contributed by atoms with Gasteiger partial charge in [0.15, 0.2) is 0 Å². The Hall–Kier alpha value is -2.64. The average Bonchev–Trinajstić information content (AvgIpc) is 2.85. The third-order valence-corrected chi connectivity index (χ3v) is 6.96. The van der Waals surface area contributed by atoms with E-state index in [1.165, 1.54) is 29.8 Å². The molecular formula is C27H38N2O7S2. The molecule has 0 saturated heterocycles. The van der Waals surface area contributed by atoms with Crippen molar-refractivity contribution in [1.29, 1.82) is 0 Å². The van der Waals surface area contributed by atoms with Gasteiger partial charge in [-0.25, -0.2) is 0 Å². The third kappa shape index (κ3) is 13.8. The summed E-state index contributed by atoms with van der Waals surface area (Å²) in [4.78, 5) is -0.133. The molecule has 6 N–H and O–H groups in total. The van der Waals surface area contributed by atoms with Crippen molar-refractivity contribution >= 4 is 20.2 Å². The summed E-state index contributed by atoms with van der Waals surface area (Å²) in [6, 6.07) is 21.8. The van der Waals surface area contributed by atoms with Crippen LogP contribution in [0.3, 0.4) is 0 Å². The van der Waals surface area contributed by atoms with Crippen molar-refractivity contribution in [3.05, 3.63) is 95.6 Å². The first kappa shape index (κ1) is 33.4. The fourth-order valence-electron chi connectivity index (χ4n) is 3.02. The van der Waals surface area contributed by atoms with Crippen molar-refractivity contribution in [2.24, 2.45) is 5.73 Å². The second-order valence-electron chi connectivity index (χ2n) is 8.70. The Balaban J connectivity index is 0.000000293. The van der Waals surface area contributed by atoms with E-state index in [4.69, 9.17) is 14.8 Å². The van der Waals surface area contributed by atoms with Gasteiger partial charge >= 0.3 is 0 Å². The van der Waals surface area contributed by atoms with Gasteiger partial charge in [0.2, 0.25) is 0 Å². The lowest BCUT2D eigenvalue weighted by atomic mass is 10.0. The molecule has 0 unspecified atom stereocenters. The van der Waals surface area contributed by atoms with Crippen LogP contribution in [0, 0.1) is 13.8 Å². The molecule has 3 rings (SSSR count). The van der Waals surface area contributed by atoms with Gasteiger partial charge in [0.25, 0.3) is 20.2 Å². The van der Waals surface area contributed by atoms with Crippen molar-refractivity contribution in [3.8, 4) is 0 Å². The standard InChI is InChI=1S/C13H22N2O.2C7H8O3S/c1-2-8-15-10-13(16)12(14)9-11-6-4-3-5-7-11;2*1-6-2-4-7(5-3-6)11(8,9)10/h3-7,12-13,15-16H,2,8-10,14H2,1H3;2*2-5H,1H3,(H,8,9,10)/t12-,13+;;/m0../s1. The van der Waals surface area contributed by atoms with Crippen LogP contribution in [0.15, 0.2) is 88.7 Å². The van der Waals surface area contributed by atoms with Crippen molar-refractivity contribution in [3.63, 3.8) is 0 Å². The Bertz CT molecular complexity index is 1210. The summed E-state index contributed by atoms with van der Waals surface area (Å²) < 4.78 is 59.1. The fraction of sp³-hybridized carbons (Fsp3) is 0.333. The molecule has 0 saturated carbocycles. The Morgan fingerprint density at radius 3 is 1.55 bits per heavy atom. The zero-order chi connectivity index (χ0) is 28.8. The minimum Gasteiger partial charge on any atom is -0.390 e. The summed E-state index contributed by atoms with van der Waals surface area (Å²) in [6.07, 6.45) is 1.31. The highest BCUT2D eigenvalue weighted by molar-refractivity contribution is 7.86. The fourth-order valence-corrected chi connectivity index (χ4v) is 3.98. The maximum Gasteiger partial charge on any atom is 0.294 e. The molecule has 0 aliphatic rings. The summed E-state index contributed by atoms with van der Waals surface area (Å²) >= 11 is 0. The molecule has 210 valence electrons. The van der Waals surface area contributed by atoms with E-state index in [-0.39, 0.29) is 15.8 Å². The van der Waals surface area contributed by atoms with Gasteiger partial charge in [-0.15, -0.1) is 0 Å². The predicted molar refractivity (Wildman–Crippen MR) is 149 cm³/mol. The quantitative estimate of drug-likeness (QED) is 0.193. The second-order valence-corrected chi connectivity index (χ2v) is 11.5. The summed E-state index contributed by atoms with van der Waals surface area (Å²) in [6.45, 7) is 7.28. The highest BCUT2D eigenvalue weighted by Crippen LogP contribution is 2.09. The van der Waals surface area contributed by atoms with Gasteiger partial charge in [-0.2, -0.15) is 16.8 Å². The zero-order valence-corrected chi connectivity index (χ0v) is 23.5. The number of aryl methyl sites for hydroxylation is 2. The lowest BCUT2D eigenvalue weighted by Gasteiger charge is -2.19. The topological polar surface area (TPSA) is 167 Å². The SMILES string of the molecule is CCCNC[C@@H](O)[C@@H](N)Cc1ccccc1.Cc1ccc(S(=O)(=O)O)cc1.Cc1ccc(S(=O)(=O)O)cc1. The maximum atomic E-state index is 10.5. The second kappa shape index (κ2) is 16.4. The van der Waals surface area contributed by atoms with Crippen molar-refractivity contribution < 1.29 is 31.0 Å². The van der Waals surface area contributed by atoms with Gasteiger partial charge in [-0.05, 0) is 63.1 Å². The monoisotopic (exact) mass is 566 g/mol. The molecule has 2 atom stereocenters. The van der Waals surface area contributed by atoms with Crippen LogP contribution in [0.5, 0.6) is 0 Å². The normalized spacial score (nSPS) is 12.8. The molecule has 0 aliphatic carbocycles. The first-order chi connectivity index (χ1) is 17.7. The van der Waals surface area contributed by atoms with Crippen LogP contribution in [-0.4, -0.2) is 56.3 Å². The minimum absolute atomic E-state index is 0.0666. The van der Waals surface area contributed by atoms with E-state index < -0.39 is 26.3 Å². The molecule has 3 aromatic rings. The van der Waals surface area contributed by atoms with Crippen molar-refractivity contribution in [1.82, 2.24) is 5.32 Å². The zero-order valence-electron chi connectivity index (χ0n) is 21.9. The van der Waals surface area contributed by atoms with Crippen LogP contribution < -0.4 is 11.1 Å². The van der Waals surface area contributed by atoms with E-state index in [0.29, 0.717) is 6.54 Å². The molecule has 38 heavy (non-hydrogen) atoms. The van der Waals surface area contributed by atoms with E-state index in [0.717, 1.165) is 30.5 Å². The van der Waals surface area contributed by atoms with Gasteiger partial charge in [0, 0.05) is 12.6 Å². The largest absolute Gasteiger partial charge is 0.390 e. The van der Waals surface area contributed by atoms with E-state index >= 15 is 0 Å². The summed E-state index contributed by atoms with van der Waals surface area (Å²) in [5.41, 5.74) is 9.02. The molecule has 0 bridgehead atoms. The molecule has 11 heteroatoms. The van der Waals surface area contributed by atoms with E-state index in [1.54, 1.807) is 24.3 Å². The predicted octanol–water partition coefficient (Wildman–Crippen LogP) is 3.40. The lowest BCUT2D eigenvalue weighted by Crippen LogP contribution is -2.43. The van der Waals surface area contributed by atoms with Gasteiger partial charge < -0.3 is 16.2 Å². The highest BCUT2D eigenvalue weighted by atomic mass is 32.2. The molecular weight excluding hydrogens is 528 g/mol. The Kier molecular flexibility index (Phi) is 14.4. The van der Waals surface area contributed by atoms with Crippen LogP contribution >= 0.6 is 0 Å². The van der Waals surface area contributed by atoms with Crippen LogP contribution in [-0.2, 0) is 26.7 Å². The molecule has 0 radical (unpaired) electrons. The van der Waals surface area contributed by atoms with Crippen LogP contribution in [0.1, 0.15) is 30.0 Å². The Morgan fingerprint density at radius 2 is 1.18 bits per heavy atom. The molecule has 3 aromatic carbocycles. The number of rotatable bonds is 9. The molecule has 0 aliphatic heterocycles. The van der Waals surface area contributed by atoms with Crippen molar-refractivity contribution in [2.75, 3.05) is 13.1 Å². The maximum absolute atomic E-state index is 10.5. The average molecular weight is 567 g/mol. The summed E-state index contributed by atoms with van der Waals surface area (Å²) in [7, 11) is -8.04. The van der Waals surface area contributed by atoms with Gasteiger partial charge in [-0.1, -0.05) is 72.6 Å². The van der Waals surface area contributed by atoms with Gasteiger partial charge in [0.1, 0.15) is 0 Å². The molecule has 9 nitrogen and oxygen atoms in total. The van der Waals surface area contributed by atoms with Crippen LogP contribution in [0.4, 0.5) is 0 Å². The number of aliphatic hydroxyl groups is 1. The lowest BCUT2D eigenvalue weighted by molar-refractivity contribution is 0.142. The van der Waals surface area contributed by atoms with Crippen molar-refractivity contribution in [2.45, 2.75) is 55.5 Å². The number of nitrogens with two attached hydrogens (primary N) is 1. The molecule has 0 spiro atoms.